The van der Waals surface area contributed by atoms with Crippen LogP contribution in [0.5, 0.6) is 5.75 Å². The zero-order chi connectivity index (χ0) is 21.4. The molecule has 0 radical (unpaired) electrons. The summed E-state index contributed by atoms with van der Waals surface area (Å²) < 4.78 is 20.2. The van der Waals surface area contributed by atoms with E-state index in [1.54, 1.807) is 6.07 Å². The highest BCUT2D eigenvalue weighted by Gasteiger charge is 2.33. The number of halogens is 1. The van der Waals surface area contributed by atoms with Crippen LogP contribution in [0.4, 0.5) is 4.39 Å². The fourth-order valence-electron chi connectivity index (χ4n) is 5.05. The van der Waals surface area contributed by atoms with Gasteiger partial charge in [-0.05, 0) is 71.7 Å². The Balaban J connectivity index is 1.18. The van der Waals surface area contributed by atoms with Gasteiger partial charge in [0.25, 0.3) is 0 Å². The molecule has 2 nitrogen and oxygen atoms in total. The molecule has 0 atom stereocenters. The van der Waals surface area contributed by atoms with Crippen molar-refractivity contribution in [3.05, 3.63) is 88.7 Å². The average Bonchev–Trinajstić information content (AvgIpc) is 3.15. The number of nitrogens with zero attached hydrogens (tertiary/aromatic N) is 1. The fourth-order valence-corrected chi connectivity index (χ4v) is 5.05. The Labute approximate surface area is 184 Å². The van der Waals surface area contributed by atoms with Crippen LogP contribution in [0.2, 0.25) is 0 Å². The summed E-state index contributed by atoms with van der Waals surface area (Å²) >= 11 is 0. The Morgan fingerprint density at radius 3 is 2.52 bits per heavy atom. The maximum Gasteiger partial charge on any atom is 0.131 e. The zero-order valence-electron chi connectivity index (χ0n) is 18.4. The van der Waals surface area contributed by atoms with E-state index < -0.39 is 0 Å². The second kappa shape index (κ2) is 8.47. The molecule has 3 heteroatoms. The highest BCUT2D eigenvalue weighted by molar-refractivity contribution is 5.68. The van der Waals surface area contributed by atoms with Gasteiger partial charge in [-0.1, -0.05) is 49.4 Å². The van der Waals surface area contributed by atoms with Gasteiger partial charge in [-0.15, -0.1) is 0 Å². The molecule has 5 rings (SSSR count). The number of rotatable bonds is 6. The van der Waals surface area contributed by atoms with Gasteiger partial charge in [0, 0.05) is 31.1 Å². The minimum atomic E-state index is -0.177. The molecular formula is C28H30FNO. The van der Waals surface area contributed by atoms with E-state index in [0.29, 0.717) is 12.2 Å². The highest BCUT2D eigenvalue weighted by atomic mass is 19.1. The Bertz CT molecular complexity index is 1090. The lowest BCUT2D eigenvalue weighted by molar-refractivity contribution is 0.0842. The van der Waals surface area contributed by atoms with Crippen LogP contribution in [0.3, 0.4) is 0 Å². The molecule has 1 saturated carbocycles. The van der Waals surface area contributed by atoms with Crippen molar-refractivity contribution in [2.75, 3.05) is 6.61 Å². The Morgan fingerprint density at radius 1 is 0.935 bits per heavy atom. The van der Waals surface area contributed by atoms with Crippen LogP contribution in [0, 0.1) is 18.7 Å². The van der Waals surface area contributed by atoms with Crippen LogP contribution in [-0.2, 0) is 19.5 Å². The predicted octanol–water partition coefficient (Wildman–Crippen LogP) is 6.54. The van der Waals surface area contributed by atoms with Gasteiger partial charge in [-0.3, -0.25) is 4.90 Å². The number of fused-ring (bicyclic) bond motifs is 1. The van der Waals surface area contributed by atoms with Crippen molar-refractivity contribution < 1.29 is 9.13 Å². The standard InChI is InChI=1S/C28H30FNO/c1-19-13-24(14-19)30-17-22-8-9-25(16-23(22)18-30)31-12-11-21-7-10-26(20(2)15-21)27-5-3-4-6-28(27)29/h3-10,15-16,19,24H,11-14,17-18H2,1-2H3/t19-,24-. The summed E-state index contributed by atoms with van der Waals surface area (Å²) in [7, 11) is 0. The van der Waals surface area contributed by atoms with E-state index in [4.69, 9.17) is 4.74 Å². The van der Waals surface area contributed by atoms with E-state index >= 15 is 0 Å². The van der Waals surface area contributed by atoms with E-state index in [9.17, 15) is 4.39 Å². The molecule has 1 aliphatic carbocycles. The molecule has 0 unspecified atom stereocenters. The normalized spacial score (nSPS) is 20.4. The largest absolute Gasteiger partial charge is 0.493 e. The molecule has 0 spiro atoms. The first kappa shape index (κ1) is 20.3. The lowest BCUT2D eigenvalue weighted by atomic mass is 9.81. The molecule has 1 aliphatic heterocycles. The second-order valence-electron chi connectivity index (χ2n) is 9.29. The molecule has 0 aromatic heterocycles. The van der Waals surface area contributed by atoms with Crippen molar-refractivity contribution in [3.8, 4) is 16.9 Å². The smallest absolute Gasteiger partial charge is 0.131 e. The van der Waals surface area contributed by atoms with Crippen LogP contribution in [0.25, 0.3) is 11.1 Å². The van der Waals surface area contributed by atoms with E-state index in [0.717, 1.165) is 48.3 Å². The van der Waals surface area contributed by atoms with Crippen molar-refractivity contribution in [3.63, 3.8) is 0 Å². The molecule has 160 valence electrons. The molecule has 3 aromatic carbocycles. The molecule has 0 N–H and O–H groups in total. The molecule has 1 fully saturated rings. The topological polar surface area (TPSA) is 12.5 Å². The molecule has 2 aliphatic rings. The van der Waals surface area contributed by atoms with Crippen molar-refractivity contribution in [1.82, 2.24) is 4.90 Å². The van der Waals surface area contributed by atoms with Crippen LogP contribution in [0.1, 0.15) is 42.0 Å². The molecule has 0 amide bonds. The monoisotopic (exact) mass is 415 g/mol. The van der Waals surface area contributed by atoms with Crippen LogP contribution in [0.15, 0.2) is 60.7 Å². The highest BCUT2D eigenvalue weighted by Crippen LogP contribution is 2.37. The minimum absolute atomic E-state index is 0.177. The summed E-state index contributed by atoms with van der Waals surface area (Å²) in [6, 6.07) is 20.5. The van der Waals surface area contributed by atoms with Gasteiger partial charge in [0.2, 0.25) is 0 Å². The first-order valence-corrected chi connectivity index (χ1v) is 11.4. The third kappa shape index (κ3) is 4.24. The van der Waals surface area contributed by atoms with Crippen molar-refractivity contribution in [1.29, 1.82) is 0 Å². The fraction of sp³-hybridized carbons (Fsp3) is 0.357. The molecule has 3 aromatic rings. The summed E-state index contributed by atoms with van der Waals surface area (Å²) in [5, 5.41) is 0. The van der Waals surface area contributed by atoms with Gasteiger partial charge in [0.05, 0.1) is 6.61 Å². The lowest BCUT2D eigenvalue weighted by Gasteiger charge is -2.39. The summed E-state index contributed by atoms with van der Waals surface area (Å²) in [5.41, 5.74) is 6.78. The molecule has 0 bridgehead atoms. The van der Waals surface area contributed by atoms with Gasteiger partial charge in [-0.25, -0.2) is 4.39 Å². The molecule has 0 saturated heterocycles. The molecular weight excluding hydrogens is 385 g/mol. The van der Waals surface area contributed by atoms with E-state index in [-0.39, 0.29) is 5.82 Å². The van der Waals surface area contributed by atoms with Crippen LogP contribution in [-0.4, -0.2) is 17.5 Å². The maximum absolute atomic E-state index is 14.1. The first-order valence-electron chi connectivity index (χ1n) is 11.4. The number of hydrogen-bond acceptors (Lipinski definition) is 2. The molecule has 1 heterocycles. The van der Waals surface area contributed by atoms with Gasteiger partial charge < -0.3 is 4.74 Å². The van der Waals surface area contributed by atoms with E-state index in [1.807, 2.05) is 25.1 Å². The maximum atomic E-state index is 14.1. The van der Waals surface area contributed by atoms with Gasteiger partial charge in [0.1, 0.15) is 11.6 Å². The van der Waals surface area contributed by atoms with Crippen LogP contribution >= 0.6 is 0 Å². The third-order valence-electron chi connectivity index (χ3n) is 6.90. The summed E-state index contributed by atoms with van der Waals surface area (Å²) in [6.07, 6.45) is 3.51. The predicted molar refractivity (Wildman–Crippen MR) is 124 cm³/mol. The lowest BCUT2D eigenvalue weighted by Crippen LogP contribution is -2.40. The third-order valence-corrected chi connectivity index (χ3v) is 6.90. The Hall–Kier alpha value is -2.65. The Morgan fingerprint density at radius 2 is 1.74 bits per heavy atom. The SMILES string of the molecule is Cc1cc(CCOc2ccc3c(c2)CN([C@H]2C[C@H](C)C2)C3)ccc1-c1ccccc1F. The first-order chi connectivity index (χ1) is 15.1. The minimum Gasteiger partial charge on any atom is -0.493 e. The quantitative estimate of drug-likeness (QED) is 0.453. The Kier molecular flexibility index (Phi) is 5.54. The summed E-state index contributed by atoms with van der Waals surface area (Å²) in [6.45, 7) is 7.17. The van der Waals surface area contributed by atoms with Gasteiger partial charge in [0.15, 0.2) is 0 Å². The van der Waals surface area contributed by atoms with E-state index in [2.05, 4.69) is 42.2 Å². The van der Waals surface area contributed by atoms with E-state index in [1.165, 1.54) is 35.6 Å². The van der Waals surface area contributed by atoms with Crippen molar-refractivity contribution in [2.45, 2.75) is 52.2 Å². The average molecular weight is 416 g/mol. The second-order valence-corrected chi connectivity index (χ2v) is 9.29. The van der Waals surface area contributed by atoms with Gasteiger partial charge >= 0.3 is 0 Å². The number of ether oxygens (including phenoxy) is 1. The number of aryl methyl sites for hydroxylation is 1. The number of hydrogen-bond donors (Lipinski definition) is 0. The molecule has 31 heavy (non-hydrogen) atoms. The summed E-state index contributed by atoms with van der Waals surface area (Å²) in [5.74, 6) is 1.67. The van der Waals surface area contributed by atoms with Gasteiger partial charge in [-0.2, -0.15) is 0 Å². The van der Waals surface area contributed by atoms with Crippen molar-refractivity contribution in [2.24, 2.45) is 5.92 Å². The van der Waals surface area contributed by atoms with Crippen LogP contribution < -0.4 is 4.74 Å². The number of benzene rings is 3. The summed E-state index contributed by atoms with van der Waals surface area (Å²) in [4.78, 5) is 2.62. The van der Waals surface area contributed by atoms with Crippen molar-refractivity contribution >= 4 is 0 Å². The zero-order valence-corrected chi connectivity index (χ0v) is 18.4.